The third kappa shape index (κ3) is 2.13. The number of hydrogen-bond acceptors (Lipinski definition) is 3. The van der Waals surface area contributed by atoms with Gasteiger partial charge in [0.05, 0.1) is 11.0 Å². The number of nitrogen functional groups attached to an aromatic ring is 1. The third-order valence-corrected chi connectivity index (χ3v) is 3.62. The van der Waals surface area contributed by atoms with Gasteiger partial charge in [0.25, 0.3) is 0 Å². The number of nitrogens with two attached hydrogens (primary N) is 1. The highest BCUT2D eigenvalue weighted by Gasteiger charge is 2.11. The summed E-state index contributed by atoms with van der Waals surface area (Å²) in [6, 6.07) is 12.1. The summed E-state index contributed by atoms with van der Waals surface area (Å²) in [7, 11) is 0. The van der Waals surface area contributed by atoms with Crippen molar-refractivity contribution in [1.82, 2.24) is 14.5 Å². The zero-order valence-corrected chi connectivity index (χ0v) is 11.8. The lowest BCUT2D eigenvalue weighted by molar-refractivity contribution is 0.732. The van der Waals surface area contributed by atoms with Gasteiger partial charge in [-0.25, -0.2) is 9.97 Å². The Hall–Kier alpha value is -2.36. The van der Waals surface area contributed by atoms with Gasteiger partial charge in [-0.15, -0.1) is 0 Å². The summed E-state index contributed by atoms with van der Waals surface area (Å²) in [5.41, 5.74) is 10.1. The van der Waals surface area contributed by atoms with Gasteiger partial charge in [-0.05, 0) is 37.6 Å². The van der Waals surface area contributed by atoms with Crippen LogP contribution in [0.3, 0.4) is 0 Å². The van der Waals surface area contributed by atoms with Crippen LogP contribution in [0.15, 0.2) is 36.4 Å². The van der Waals surface area contributed by atoms with Crippen molar-refractivity contribution in [2.75, 3.05) is 5.73 Å². The van der Waals surface area contributed by atoms with Crippen LogP contribution in [-0.2, 0) is 13.0 Å². The van der Waals surface area contributed by atoms with Gasteiger partial charge < -0.3 is 10.3 Å². The second-order valence-electron chi connectivity index (χ2n) is 4.92. The van der Waals surface area contributed by atoms with E-state index in [0.717, 1.165) is 30.0 Å². The number of para-hydroxylation sites is 2. The van der Waals surface area contributed by atoms with E-state index in [9.17, 15) is 0 Å². The molecule has 2 heterocycles. The minimum atomic E-state index is 0.565. The first-order valence-corrected chi connectivity index (χ1v) is 6.85. The van der Waals surface area contributed by atoms with E-state index >= 15 is 0 Å². The molecule has 0 spiro atoms. The van der Waals surface area contributed by atoms with Gasteiger partial charge in [0.2, 0.25) is 0 Å². The number of aryl methyl sites for hydroxylation is 2. The molecule has 0 aliphatic carbocycles. The predicted molar refractivity (Wildman–Crippen MR) is 81.6 cm³/mol. The smallest absolute Gasteiger partial charge is 0.123 e. The summed E-state index contributed by atoms with van der Waals surface area (Å²) in [6.07, 6.45) is 0.779. The zero-order valence-electron chi connectivity index (χ0n) is 11.8. The van der Waals surface area contributed by atoms with Gasteiger partial charge in [-0.3, -0.25) is 0 Å². The normalized spacial score (nSPS) is 11.1. The highest BCUT2D eigenvalue weighted by atomic mass is 15.1. The number of anilines is 1. The molecule has 0 aliphatic heterocycles. The molecule has 0 saturated heterocycles. The molecule has 0 unspecified atom stereocenters. The maximum atomic E-state index is 5.71. The van der Waals surface area contributed by atoms with Crippen molar-refractivity contribution in [3.8, 4) is 0 Å². The average molecular weight is 266 g/mol. The van der Waals surface area contributed by atoms with Crippen LogP contribution in [0.2, 0.25) is 0 Å². The van der Waals surface area contributed by atoms with Gasteiger partial charge >= 0.3 is 0 Å². The Balaban J connectivity index is 2.06. The number of hydrogen-bond donors (Lipinski definition) is 1. The first kappa shape index (κ1) is 12.7. The Labute approximate surface area is 118 Å². The summed E-state index contributed by atoms with van der Waals surface area (Å²) in [6.45, 7) is 5.05. The monoisotopic (exact) mass is 266 g/mol. The summed E-state index contributed by atoms with van der Waals surface area (Å²) in [4.78, 5) is 9.07. The maximum Gasteiger partial charge on any atom is 0.123 e. The van der Waals surface area contributed by atoms with E-state index in [2.05, 4.69) is 34.7 Å². The molecule has 20 heavy (non-hydrogen) atoms. The summed E-state index contributed by atoms with van der Waals surface area (Å²) >= 11 is 0. The largest absolute Gasteiger partial charge is 0.384 e. The van der Waals surface area contributed by atoms with E-state index in [1.54, 1.807) is 0 Å². The topological polar surface area (TPSA) is 56.7 Å². The van der Waals surface area contributed by atoms with E-state index in [1.807, 2.05) is 25.1 Å². The second kappa shape index (κ2) is 4.96. The molecular weight excluding hydrogens is 248 g/mol. The fraction of sp³-hybridized carbons (Fsp3) is 0.250. The molecule has 0 atom stereocenters. The Bertz CT molecular complexity index is 758. The Kier molecular flexibility index (Phi) is 3.14. The number of nitrogens with zero attached hydrogens (tertiary/aromatic N) is 3. The molecule has 2 aromatic heterocycles. The number of rotatable bonds is 3. The van der Waals surface area contributed by atoms with E-state index in [-0.39, 0.29) is 0 Å². The second-order valence-corrected chi connectivity index (χ2v) is 4.92. The van der Waals surface area contributed by atoms with Crippen molar-refractivity contribution in [2.45, 2.75) is 26.8 Å². The lowest BCUT2D eigenvalue weighted by Crippen LogP contribution is -2.05. The van der Waals surface area contributed by atoms with Gasteiger partial charge in [0, 0.05) is 18.7 Å². The Morgan fingerprint density at radius 1 is 1.10 bits per heavy atom. The minimum Gasteiger partial charge on any atom is -0.384 e. The number of imidazole rings is 1. The first-order chi connectivity index (χ1) is 9.69. The number of benzene rings is 1. The van der Waals surface area contributed by atoms with Crippen molar-refractivity contribution >= 4 is 16.9 Å². The van der Waals surface area contributed by atoms with Gasteiger partial charge in [0.15, 0.2) is 0 Å². The lowest BCUT2D eigenvalue weighted by Gasteiger charge is -2.08. The number of pyridine rings is 1. The molecule has 0 radical (unpaired) electrons. The molecule has 3 aromatic rings. The van der Waals surface area contributed by atoms with Crippen LogP contribution in [-0.4, -0.2) is 14.5 Å². The minimum absolute atomic E-state index is 0.565. The van der Waals surface area contributed by atoms with Crippen LogP contribution >= 0.6 is 0 Å². The van der Waals surface area contributed by atoms with E-state index in [4.69, 9.17) is 10.7 Å². The average Bonchev–Trinajstić information content (AvgIpc) is 2.79. The zero-order chi connectivity index (χ0) is 14.1. The molecule has 3 rings (SSSR count). The predicted octanol–water partition coefficient (Wildman–Crippen LogP) is 2.93. The summed E-state index contributed by atoms with van der Waals surface area (Å²) in [5.74, 6) is 1.64. The lowest BCUT2D eigenvalue weighted by atomic mass is 10.1. The Morgan fingerprint density at radius 3 is 2.65 bits per heavy atom. The molecule has 4 heteroatoms. The van der Waals surface area contributed by atoms with Crippen LogP contribution in [0.25, 0.3) is 11.0 Å². The SMILES string of the molecule is CCn1c(Cc2ccc(N)nc2C)nc2ccccc21. The van der Waals surface area contributed by atoms with E-state index in [0.29, 0.717) is 5.82 Å². The van der Waals surface area contributed by atoms with E-state index in [1.165, 1.54) is 11.1 Å². The van der Waals surface area contributed by atoms with Crippen LogP contribution < -0.4 is 5.73 Å². The molecular formula is C16H18N4. The van der Waals surface area contributed by atoms with E-state index < -0.39 is 0 Å². The number of fused-ring (bicyclic) bond motifs is 1. The molecule has 4 nitrogen and oxygen atoms in total. The molecule has 0 fully saturated rings. The molecule has 1 aromatic carbocycles. The van der Waals surface area contributed by atoms with Crippen LogP contribution in [0, 0.1) is 6.92 Å². The Morgan fingerprint density at radius 2 is 1.90 bits per heavy atom. The highest BCUT2D eigenvalue weighted by Crippen LogP contribution is 2.19. The van der Waals surface area contributed by atoms with Crippen LogP contribution in [0.5, 0.6) is 0 Å². The van der Waals surface area contributed by atoms with Crippen molar-refractivity contribution in [1.29, 1.82) is 0 Å². The van der Waals surface area contributed by atoms with Crippen molar-refractivity contribution in [3.05, 3.63) is 53.5 Å². The third-order valence-electron chi connectivity index (χ3n) is 3.62. The molecule has 2 N–H and O–H groups in total. The standard InChI is InChI=1S/C16H18N4/c1-3-20-14-7-5-4-6-13(14)19-16(20)10-12-8-9-15(17)18-11(12)2/h4-9H,3,10H2,1-2H3,(H2,17,18). The van der Waals surface area contributed by atoms with Crippen molar-refractivity contribution < 1.29 is 0 Å². The highest BCUT2D eigenvalue weighted by molar-refractivity contribution is 5.76. The van der Waals surface area contributed by atoms with Crippen molar-refractivity contribution in [3.63, 3.8) is 0 Å². The van der Waals surface area contributed by atoms with Gasteiger partial charge in [-0.1, -0.05) is 18.2 Å². The molecule has 0 aliphatic rings. The summed E-state index contributed by atoms with van der Waals surface area (Å²) < 4.78 is 2.26. The van der Waals surface area contributed by atoms with Crippen molar-refractivity contribution in [2.24, 2.45) is 0 Å². The molecule has 102 valence electrons. The van der Waals surface area contributed by atoms with Gasteiger partial charge in [-0.2, -0.15) is 0 Å². The molecule has 0 saturated carbocycles. The molecule has 0 amide bonds. The fourth-order valence-electron chi connectivity index (χ4n) is 2.58. The van der Waals surface area contributed by atoms with Gasteiger partial charge in [0.1, 0.15) is 11.6 Å². The first-order valence-electron chi connectivity index (χ1n) is 6.85. The number of aromatic nitrogens is 3. The quantitative estimate of drug-likeness (QED) is 0.793. The maximum absolute atomic E-state index is 5.71. The van der Waals surface area contributed by atoms with Crippen LogP contribution in [0.1, 0.15) is 24.0 Å². The van der Waals surface area contributed by atoms with Crippen LogP contribution in [0.4, 0.5) is 5.82 Å². The fourth-order valence-corrected chi connectivity index (χ4v) is 2.58. The molecule has 0 bridgehead atoms. The summed E-state index contributed by atoms with van der Waals surface area (Å²) in [5, 5.41) is 0.